The summed E-state index contributed by atoms with van der Waals surface area (Å²) >= 11 is 1.56. The fraction of sp³-hybridized carbons (Fsp3) is 0.176. The molecule has 0 atom stereocenters. The number of allylic oxidation sites excluding steroid dienone is 1. The van der Waals surface area contributed by atoms with Gasteiger partial charge in [-0.2, -0.15) is 10.2 Å². The van der Waals surface area contributed by atoms with Gasteiger partial charge in [-0.3, -0.25) is 9.89 Å². The predicted molar refractivity (Wildman–Crippen MR) is 99.2 cm³/mol. The second-order valence-electron chi connectivity index (χ2n) is 5.68. The second kappa shape index (κ2) is 7.04. The molecule has 9 heteroatoms. The molecular formula is C17H16N6O2S. The Kier molecular flexibility index (Phi) is 4.44. The summed E-state index contributed by atoms with van der Waals surface area (Å²) in [5.41, 5.74) is 6.26. The lowest BCUT2D eigenvalue weighted by atomic mass is 10.2. The molecule has 0 saturated heterocycles. The fourth-order valence-electron chi connectivity index (χ4n) is 2.59. The van der Waals surface area contributed by atoms with Crippen LogP contribution in [-0.4, -0.2) is 39.0 Å². The highest BCUT2D eigenvalue weighted by Crippen LogP contribution is 2.28. The number of nitrogens with one attached hydrogen (secondary N) is 1. The van der Waals surface area contributed by atoms with Crippen LogP contribution in [0.25, 0.3) is 10.8 Å². The number of aromatic amines is 1. The molecule has 0 aliphatic carbocycles. The van der Waals surface area contributed by atoms with Crippen LogP contribution in [0, 0.1) is 0 Å². The molecular weight excluding hydrogens is 352 g/mol. The Bertz CT molecular complexity index is 1050. The minimum absolute atomic E-state index is 0.183. The number of hydrogen-bond acceptors (Lipinski definition) is 7. The van der Waals surface area contributed by atoms with E-state index in [1.165, 1.54) is 4.68 Å². The highest BCUT2D eigenvalue weighted by atomic mass is 32.2. The Hall–Kier alpha value is -3.07. The number of rotatable bonds is 5. The molecule has 0 bridgehead atoms. The van der Waals surface area contributed by atoms with Crippen molar-refractivity contribution in [2.75, 3.05) is 13.2 Å². The lowest BCUT2D eigenvalue weighted by Crippen LogP contribution is -2.25. The molecule has 1 aliphatic heterocycles. The van der Waals surface area contributed by atoms with E-state index >= 15 is 0 Å². The van der Waals surface area contributed by atoms with Gasteiger partial charge in [-0.1, -0.05) is 11.8 Å². The lowest BCUT2D eigenvalue weighted by Gasteiger charge is -2.07. The largest absolute Gasteiger partial charge is 0.476 e. The normalized spacial score (nSPS) is 14.5. The first-order valence-electron chi connectivity index (χ1n) is 7.99. The van der Waals surface area contributed by atoms with Gasteiger partial charge in [0.2, 0.25) is 5.90 Å². The van der Waals surface area contributed by atoms with Crippen LogP contribution in [0.2, 0.25) is 0 Å². The topological polar surface area (TPSA) is 111 Å². The van der Waals surface area contributed by atoms with Crippen molar-refractivity contribution in [3.05, 3.63) is 58.9 Å². The van der Waals surface area contributed by atoms with Gasteiger partial charge in [-0.05, 0) is 18.2 Å². The van der Waals surface area contributed by atoms with E-state index < -0.39 is 0 Å². The third-order valence-electron chi connectivity index (χ3n) is 3.78. The van der Waals surface area contributed by atoms with Gasteiger partial charge in [-0.15, -0.1) is 0 Å². The summed E-state index contributed by atoms with van der Waals surface area (Å²) in [4.78, 5) is 18.8. The van der Waals surface area contributed by atoms with Crippen molar-refractivity contribution in [2.45, 2.75) is 16.3 Å². The summed E-state index contributed by atoms with van der Waals surface area (Å²) in [6.45, 7) is 1.38. The van der Waals surface area contributed by atoms with Crippen LogP contribution in [0.3, 0.4) is 0 Å². The van der Waals surface area contributed by atoms with E-state index in [4.69, 9.17) is 10.5 Å². The van der Waals surface area contributed by atoms with Crippen molar-refractivity contribution in [3.8, 4) is 0 Å². The molecule has 3 heterocycles. The first-order valence-corrected chi connectivity index (χ1v) is 8.80. The summed E-state index contributed by atoms with van der Waals surface area (Å²) < 4.78 is 6.63. The first kappa shape index (κ1) is 16.4. The van der Waals surface area contributed by atoms with Gasteiger partial charge >= 0.3 is 0 Å². The SMILES string of the molecule is N/C(=C\C1=NCCO1)Cn1ncc2cc(Sc3cn[nH]c3)ccc2c1=O. The zero-order valence-electron chi connectivity index (χ0n) is 13.8. The van der Waals surface area contributed by atoms with Crippen LogP contribution in [0.5, 0.6) is 0 Å². The zero-order valence-corrected chi connectivity index (χ0v) is 14.6. The fourth-order valence-corrected chi connectivity index (χ4v) is 3.40. The van der Waals surface area contributed by atoms with Crippen molar-refractivity contribution in [2.24, 2.45) is 10.7 Å². The molecule has 0 spiro atoms. The molecule has 4 rings (SSSR count). The molecule has 8 nitrogen and oxygen atoms in total. The minimum atomic E-state index is -0.187. The number of fused-ring (bicyclic) bond motifs is 1. The molecule has 0 radical (unpaired) electrons. The van der Waals surface area contributed by atoms with E-state index in [0.717, 1.165) is 15.2 Å². The molecule has 1 aliphatic rings. The molecule has 3 N–H and O–H groups in total. The van der Waals surface area contributed by atoms with E-state index in [-0.39, 0.29) is 12.1 Å². The smallest absolute Gasteiger partial charge is 0.274 e. The molecule has 0 saturated carbocycles. The summed E-state index contributed by atoms with van der Waals surface area (Å²) in [6, 6.07) is 5.65. The summed E-state index contributed by atoms with van der Waals surface area (Å²) in [6.07, 6.45) is 6.88. The molecule has 1 aromatic carbocycles. The first-order chi connectivity index (χ1) is 12.7. The maximum Gasteiger partial charge on any atom is 0.274 e. The second-order valence-corrected chi connectivity index (χ2v) is 6.83. The number of nitrogens with two attached hydrogens (primary N) is 1. The van der Waals surface area contributed by atoms with Crippen molar-refractivity contribution < 1.29 is 4.74 Å². The maximum absolute atomic E-state index is 12.7. The van der Waals surface area contributed by atoms with Gasteiger partial charge in [0.15, 0.2) is 0 Å². The van der Waals surface area contributed by atoms with Crippen molar-refractivity contribution in [1.29, 1.82) is 0 Å². The molecule has 3 aromatic rings. The number of aliphatic imine (C=N–C) groups is 1. The average molecular weight is 368 g/mol. The number of nitrogens with zero attached hydrogens (tertiary/aromatic N) is 4. The number of hydrogen-bond donors (Lipinski definition) is 2. The standard InChI is InChI=1S/C17H16N6O2S/c18-12(6-16-19-3-4-25-16)10-23-17(24)15-2-1-13(5-11(15)7-22-23)26-14-8-20-21-9-14/h1-2,5-9H,3-4,10,18H2,(H,20,21)/b12-6-. The predicted octanol–water partition coefficient (Wildman–Crippen LogP) is 1.54. The van der Waals surface area contributed by atoms with Crippen LogP contribution in [-0.2, 0) is 11.3 Å². The van der Waals surface area contributed by atoms with E-state index in [1.807, 2.05) is 24.4 Å². The summed E-state index contributed by atoms with van der Waals surface area (Å²) in [7, 11) is 0. The van der Waals surface area contributed by atoms with Crippen molar-refractivity contribution >= 4 is 28.4 Å². The number of benzene rings is 1. The van der Waals surface area contributed by atoms with Gasteiger partial charge < -0.3 is 10.5 Å². The van der Waals surface area contributed by atoms with Crippen LogP contribution in [0.4, 0.5) is 0 Å². The highest BCUT2D eigenvalue weighted by molar-refractivity contribution is 7.99. The van der Waals surface area contributed by atoms with E-state index in [0.29, 0.717) is 30.1 Å². The number of aromatic nitrogens is 4. The molecule has 0 fully saturated rings. The Morgan fingerprint density at radius 2 is 2.31 bits per heavy atom. The molecule has 0 unspecified atom stereocenters. The third kappa shape index (κ3) is 3.47. The van der Waals surface area contributed by atoms with Gasteiger partial charge in [0.1, 0.15) is 6.61 Å². The highest BCUT2D eigenvalue weighted by Gasteiger charge is 2.09. The Labute approximate surface area is 152 Å². The van der Waals surface area contributed by atoms with Gasteiger partial charge in [0.25, 0.3) is 5.56 Å². The van der Waals surface area contributed by atoms with Crippen LogP contribution in [0.15, 0.2) is 68.1 Å². The number of H-pyrrole nitrogens is 1. The quantitative estimate of drug-likeness (QED) is 0.707. The van der Waals surface area contributed by atoms with Crippen LogP contribution >= 0.6 is 11.8 Å². The monoisotopic (exact) mass is 368 g/mol. The zero-order chi connectivity index (χ0) is 17.9. The average Bonchev–Trinajstić information content (AvgIpc) is 3.31. The molecule has 132 valence electrons. The third-order valence-corrected chi connectivity index (χ3v) is 4.73. The lowest BCUT2D eigenvalue weighted by molar-refractivity contribution is 0.349. The minimum Gasteiger partial charge on any atom is -0.476 e. The van der Waals surface area contributed by atoms with Crippen molar-refractivity contribution in [3.63, 3.8) is 0 Å². The van der Waals surface area contributed by atoms with Gasteiger partial charge in [0, 0.05) is 33.1 Å². The molecule has 26 heavy (non-hydrogen) atoms. The van der Waals surface area contributed by atoms with E-state index in [1.54, 1.807) is 30.2 Å². The van der Waals surface area contributed by atoms with Gasteiger partial charge in [-0.25, -0.2) is 9.67 Å². The Balaban J connectivity index is 1.59. The molecule has 2 aromatic heterocycles. The van der Waals surface area contributed by atoms with Gasteiger partial charge in [0.05, 0.1) is 30.9 Å². The summed E-state index contributed by atoms with van der Waals surface area (Å²) in [5.74, 6) is 0.497. The van der Waals surface area contributed by atoms with E-state index in [9.17, 15) is 4.79 Å². The van der Waals surface area contributed by atoms with Crippen LogP contribution < -0.4 is 11.3 Å². The molecule has 0 amide bonds. The Morgan fingerprint density at radius 1 is 1.38 bits per heavy atom. The van der Waals surface area contributed by atoms with Crippen LogP contribution in [0.1, 0.15) is 0 Å². The van der Waals surface area contributed by atoms with E-state index in [2.05, 4.69) is 20.3 Å². The van der Waals surface area contributed by atoms with Crippen molar-refractivity contribution in [1.82, 2.24) is 20.0 Å². The summed E-state index contributed by atoms with van der Waals surface area (Å²) in [5, 5.41) is 12.3. The maximum atomic E-state index is 12.7. The number of ether oxygens (including phenoxy) is 1. The Morgan fingerprint density at radius 3 is 3.08 bits per heavy atom.